The molecule has 0 radical (unpaired) electrons. The molecule has 1 aromatic heterocycles. The minimum atomic E-state index is 0.134. The molecule has 0 amide bonds. The van der Waals surface area contributed by atoms with E-state index in [2.05, 4.69) is 15.3 Å². The van der Waals surface area contributed by atoms with Crippen molar-refractivity contribution < 1.29 is 5.11 Å². The Labute approximate surface area is 107 Å². The first-order valence-corrected chi connectivity index (χ1v) is 6.27. The Hall–Kier alpha value is -0.870. The van der Waals surface area contributed by atoms with Crippen molar-refractivity contribution in [3.05, 3.63) is 16.5 Å². The molecule has 1 rings (SSSR count). The Morgan fingerprint density at radius 1 is 1.35 bits per heavy atom. The lowest BCUT2D eigenvalue weighted by molar-refractivity contribution is 0.226. The normalized spacial score (nSPS) is 14.5. The highest BCUT2D eigenvalue weighted by atomic mass is 35.5. The molecule has 0 aliphatic heterocycles. The number of nitrogens with one attached hydrogen (secondary N) is 1. The van der Waals surface area contributed by atoms with Gasteiger partial charge in [-0.15, -0.1) is 0 Å². The maximum atomic E-state index is 9.11. The van der Waals surface area contributed by atoms with Crippen LogP contribution in [-0.4, -0.2) is 27.7 Å². The van der Waals surface area contributed by atoms with Gasteiger partial charge in [0.25, 0.3) is 0 Å². The summed E-state index contributed by atoms with van der Waals surface area (Å²) < 4.78 is 0. The van der Waals surface area contributed by atoms with E-state index in [1.165, 1.54) is 0 Å². The summed E-state index contributed by atoms with van der Waals surface area (Å²) in [7, 11) is 0. The van der Waals surface area contributed by atoms with Crippen molar-refractivity contribution in [2.24, 2.45) is 5.92 Å². The van der Waals surface area contributed by atoms with E-state index in [4.69, 9.17) is 16.7 Å². The number of rotatable bonds is 5. The topological polar surface area (TPSA) is 58.0 Å². The number of hydrogen-bond acceptors (Lipinski definition) is 4. The van der Waals surface area contributed by atoms with Crippen LogP contribution in [0.25, 0.3) is 0 Å². The maximum absolute atomic E-state index is 9.11. The van der Waals surface area contributed by atoms with E-state index >= 15 is 0 Å². The summed E-state index contributed by atoms with van der Waals surface area (Å²) in [6, 6.07) is 0.134. The Morgan fingerprint density at radius 2 is 2.00 bits per heavy atom. The number of aryl methyl sites for hydroxylation is 1. The predicted molar refractivity (Wildman–Crippen MR) is 70.5 cm³/mol. The number of aromatic nitrogens is 2. The van der Waals surface area contributed by atoms with Crippen molar-refractivity contribution in [3.63, 3.8) is 0 Å². The zero-order valence-electron chi connectivity index (χ0n) is 10.8. The second-order valence-corrected chi connectivity index (χ2v) is 4.71. The van der Waals surface area contributed by atoms with Gasteiger partial charge in [-0.1, -0.05) is 25.4 Å². The maximum Gasteiger partial charge on any atom is 0.137 e. The third kappa shape index (κ3) is 3.54. The standard InChI is InChI=1S/C12H20ClN3O/c1-5-10-15-11(13)8(3)12(16-10)14-9(4)7(2)6-17/h7,9,17H,5-6H2,1-4H3,(H,14,15,16). The van der Waals surface area contributed by atoms with Crippen LogP contribution >= 0.6 is 11.6 Å². The molecule has 1 aromatic rings. The molecule has 2 unspecified atom stereocenters. The van der Waals surface area contributed by atoms with E-state index in [0.717, 1.165) is 23.6 Å². The Kier molecular flexibility index (Phi) is 5.15. The summed E-state index contributed by atoms with van der Waals surface area (Å²) in [6.45, 7) is 8.02. The Bertz CT molecular complexity index is 384. The van der Waals surface area contributed by atoms with Gasteiger partial charge >= 0.3 is 0 Å². The summed E-state index contributed by atoms with van der Waals surface area (Å²) in [4.78, 5) is 8.61. The van der Waals surface area contributed by atoms with E-state index in [0.29, 0.717) is 5.15 Å². The lowest BCUT2D eigenvalue weighted by Crippen LogP contribution is -2.27. The molecule has 0 bridgehead atoms. The van der Waals surface area contributed by atoms with E-state index in [-0.39, 0.29) is 18.6 Å². The Morgan fingerprint density at radius 3 is 2.53 bits per heavy atom. The number of hydrogen-bond donors (Lipinski definition) is 2. The lowest BCUT2D eigenvalue weighted by atomic mass is 10.1. The van der Waals surface area contributed by atoms with Gasteiger partial charge in [0.15, 0.2) is 0 Å². The van der Waals surface area contributed by atoms with Crippen molar-refractivity contribution in [3.8, 4) is 0 Å². The number of aliphatic hydroxyl groups is 1. The van der Waals surface area contributed by atoms with E-state index in [1.54, 1.807) is 0 Å². The van der Waals surface area contributed by atoms with Crippen molar-refractivity contribution >= 4 is 17.4 Å². The third-order valence-electron chi connectivity index (χ3n) is 2.95. The number of anilines is 1. The molecule has 0 saturated heterocycles. The summed E-state index contributed by atoms with van der Waals surface area (Å²) in [6.07, 6.45) is 0.749. The van der Waals surface area contributed by atoms with Crippen LogP contribution in [0.1, 0.15) is 32.2 Å². The highest BCUT2D eigenvalue weighted by Crippen LogP contribution is 2.21. The number of halogens is 1. The van der Waals surface area contributed by atoms with Crippen LogP contribution < -0.4 is 5.32 Å². The molecule has 1 heterocycles. The second-order valence-electron chi connectivity index (χ2n) is 4.35. The molecule has 0 fully saturated rings. The number of aliphatic hydroxyl groups excluding tert-OH is 1. The van der Waals surface area contributed by atoms with Gasteiger partial charge < -0.3 is 10.4 Å². The summed E-state index contributed by atoms with van der Waals surface area (Å²) in [5, 5.41) is 12.9. The Balaban J connectivity index is 2.93. The third-order valence-corrected chi connectivity index (χ3v) is 3.32. The van der Waals surface area contributed by atoms with Gasteiger partial charge in [-0.2, -0.15) is 0 Å². The van der Waals surface area contributed by atoms with Gasteiger partial charge in [-0.05, 0) is 19.8 Å². The van der Waals surface area contributed by atoms with Crippen LogP contribution in [0.4, 0.5) is 5.82 Å². The fraction of sp³-hybridized carbons (Fsp3) is 0.667. The van der Waals surface area contributed by atoms with Crippen molar-refractivity contribution in [1.82, 2.24) is 9.97 Å². The van der Waals surface area contributed by atoms with Crippen LogP contribution in [0.2, 0.25) is 5.15 Å². The van der Waals surface area contributed by atoms with Gasteiger partial charge in [0.2, 0.25) is 0 Å². The van der Waals surface area contributed by atoms with Crippen molar-refractivity contribution in [2.75, 3.05) is 11.9 Å². The predicted octanol–water partition coefficient (Wildman–Crippen LogP) is 2.43. The average Bonchev–Trinajstić information content (AvgIpc) is 2.33. The first-order valence-electron chi connectivity index (χ1n) is 5.90. The van der Waals surface area contributed by atoms with Gasteiger partial charge in [-0.25, -0.2) is 9.97 Å². The summed E-state index contributed by atoms with van der Waals surface area (Å²) >= 11 is 6.05. The molecule has 0 aromatic carbocycles. The molecule has 0 saturated carbocycles. The average molecular weight is 258 g/mol. The largest absolute Gasteiger partial charge is 0.396 e. The summed E-state index contributed by atoms with van der Waals surface area (Å²) in [5.74, 6) is 1.65. The SMILES string of the molecule is CCc1nc(Cl)c(C)c(NC(C)C(C)CO)n1. The minimum Gasteiger partial charge on any atom is -0.396 e. The molecular formula is C12H20ClN3O. The van der Waals surface area contributed by atoms with E-state index in [9.17, 15) is 0 Å². The highest BCUT2D eigenvalue weighted by Gasteiger charge is 2.15. The first kappa shape index (κ1) is 14.2. The monoisotopic (exact) mass is 257 g/mol. The van der Waals surface area contributed by atoms with Gasteiger partial charge in [-0.3, -0.25) is 0 Å². The highest BCUT2D eigenvalue weighted by molar-refractivity contribution is 6.30. The molecule has 0 spiro atoms. The molecule has 5 heteroatoms. The molecule has 2 atom stereocenters. The van der Waals surface area contributed by atoms with Crippen LogP contribution in [-0.2, 0) is 6.42 Å². The molecule has 4 nitrogen and oxygen atoms in total. The first-order chi connectivity index (χ1) is 7.99. The van der Waals surface area contributed by atoms with Crippen molar-refractivity contribution in [2.45, 2.75) is 40.2 Å². The van der Waals surface area contributed by atoms with E-state index in [1.807, 2.05) is 27.7 Å². The van der Waals surface area contributed by atoms with Crippen molar-refractivity contribution in [1.29, 1.82) is 0 Å². The van der Waals surface area contributed by atoms with Crippen LogP contribution in [0.3, 0.4) is 0 Å². The van der Waals surface area contributed by atoms with Crippen LogP contribution in [0.15, 0.2) is 0 Å². The summed E-state index contributed by atoms with van der Waals surface area (Å²) in [5.41, 5.74) is 0.848. The second kappa shape index (κ2) is 6.17. The van der Waals surface area contributed by atoms with Crippen LogP contribution in [0, 0.1) is 12.8 Å². The quantitative estimate of drug-likeness (QED) is 0.796. The molecule has 0 aliphatic carbocycles. The zero-order chi connectivity index (χ0) is 13.0. The van der Waals surface area contributed by atoms with E-state index < -0.39 is 0 Å². The fourth-order valence-corrected chi connectivity index (χ4v) is 1.53. The van der Waals surface area contributed by atoms with Gasteiger partial charge in [0.05, 0.1) is 0 Å². The van der Waals surface area contributed by atoms with Gasteiger partial charge in [0.1, 0.15) is 16.8 Å². The lowest BCUT2D eigenvalue weighted by Gasteiger charge is -2.21. The zero-order valence-corrected chi connectivity index (χ0v) is 11.5. The molecule has 17 heavy (non-hydrogen) atoms. The molecular weight excluding hydrogens is 238 g/mol. The number of nitrogens with zero attached hydrogens (tertiary/aromatic N) is 2. The fourth-order valence-electron chi connectivity index (χ4n) is 1.35. The molecule has 2 N–H and O–H groups in total. The van der Waals surface area contributed by atoms with Gasteiger partial charge in [0, 0.05) is 24.6 Å². The molecule has 0 aliphatic rings. The minimum absolute atomic E-state index is 0.134. The smallest absolute Gasteiger partial charge is 0.137 e. The van der Waals surface area contributed by atoms with Crippen LogP contribution in [0.5, 0.6) is 0 Å². The molecule has 96 valence electrons.